The van der Waals surface area contributed by atoms with Gasteiger partial charge >= 0.3 is 0 Å². The van der Waals surface area contributed by atoms with E-state index < -0.39 is 0 Å². The molecule has 1 aliphatic rings. The number of carbonyl (C=O) groups is 2. The molecule has 7 nitrogen and oxygen atoms in total. The molecule has 2 heterocycles. The molecule has 4 rings (SSSR count). The Balaban J connectivity index is 1.44. The van der Waals surface area contributed by atoms with Gasteiger partial charge in [-0.1, -0.05) is 13.0 Å². The first-order valence-corrected chi connectivity index (χ1v) is 10.4. The molecule has 30 heavy (non-hydrogen) atoms. The number of aryl methyl sites for hydroxylation is 1. The van der Waals surface area contributed by atoms with Crippen molar-refractivity contribution in [2.45, 2.75) is 44.7 Å². The van der Waals surface area contributed by atoms with E-state index in [0.29, 0.717) is 6.42 Å². The minimum Gasteiger partial charge on any atom is -0.353 e. The number of nitrogens with one attached hydrogen (secondary N) is 1. The van der Waals surface area contributed by atoms with E-state index in [4.69, 9.17) is 0 Å². The maximum atomic E-state index is 12.9. The van der Waals surface area contributed by atoms with Gasteiger partial charge in [-0.25, -0.2) is 9.97 Å². The monoisotopic (exact) mass is 405 g/mol. The second-order valence-electron chi connectivity index (χ2n) is 8.00. The Bertz CT molecular complexity index is 1070. The predicted molar refractivity (Wildman–Crippen MR) is 116 cm³/mol. The van der Waals surface area contributed by atoms with Crippen LogP contribution >= 0.6 is 0 Å². The number of rotatable bonds is 5. The van der Waals surface area contributed by atoms with Gasteiger partial charge < -0.3 is 14.8 Å². The molecule has 1 aliphatic carbocycles. The molecule has 0 bridgehead atoms. The highest BCUT2D eigenvalue weighted by atomic mass is 16.2. The lowest BCUT2D eigenvalue weighted by Crippen LogP contribution is -2.38. The summed E-state index contributed by atoms with van der Waals surface area (Å²) < 4.78 is 2.08. The normalized spacial score (nSPS) is 18.5. The quantitative estimate of drug-likeness (QED) is 0.707. The fourth-order valence-electron chi connectivity index (χ4n) is 4.14. The largest absolute Gasteiger partial charge is 0.353 e. The minimum atomic E-state index is -0.187. The molecular formula is C23H27N5O2. The van der Waals surface area contributed by atoms with Crippen LogP contribution in [0, 0.1) is 0 Å². The van der Waals surface area contributed by atoms with E-state index in [1.165, 1.54) is 0 Å². The van der Waals surface area contributed by atoms with Crippen LogP contribution in [-0.2, 0) is 11.8 Å². The molecule has 2 amide bonds. The predicted octanol–water partition coefficient (Wildman–Crippen LogP) is 3.15. The summed E-state index contributed by atoms with van der Waals surface area (Å²) in [6.45, 7) is 1.84. The second-order valence-corrected chi connectivity index (χ2v) is 8.00. The fourth-order valence-corrected chi connectivity index (χ4v) is 4.14. The zero-order valence-electron chi connectivity index (χ0n) is 17.6. The van der Waals surface area contributed by atoms with Crippen LogP contribution in [0.5, 0.6) is 0 Å². The third-order valence-corrected chi connectivity index (χ3v) is 6.02. The van der Waals surface area contributed by atoms with Crippen molar-refractivity contribution in [1.29, 1.82) is 0 Å². The van der Waals surface area contributed by atoms with Crippen molar-refractivity contribution in [2.24, 2.45) is 7.05 Å². The first-order valence-electron chi connectivity index (χ1n) is 10.4. The zero-order chi connectivity index (χ0) is 21.3. The van der Waals surface area contributed by atoms with Gasteiger partial charge in [0, 0.05) is 67.7 Å². The average molecular weight is 406 g/mol. The van der Waals surface area contributed by atoms with E-state index in [0.717, 1.165) is 41.3 Å². The van der Waals surface area contributed by atoms with Gasteiger partial charge in [0.1, 0.15) is 0 Å². The summed E-state index contributed by atoms with van der Waals surface area (Å²) >= 11 is 0. The van der Waals surface area contributed by atoms with E-state index in [9.17, 15) is 9.59 Å². The Hall–Kier alpha value is -3.22. The Labute approximate surface area is 176 Å². The number of hydrogen-bond donors (Lipinski definition) is 1. The van der Waals surface area contributed by atoms with Crippen molar-refractivity contribution in [3.63, 3.8) is 0 Å². The van der Waals surface area contributed by atoms with Crippen LogP contribution in [0.4, 0.5) is 0 Å². The SMILES string of the molecule is CCC(=O)N[C@H]1CC[C@@H](N(C)C(=O)c2ncc(-c3ccc4c(ccn4C)c3)cn2)C1. The molecule has 0 spiro atoms. The van der Waals surface area contributed by atoms with Gasteiger partial charge in [0.05, 0.1) is 0 Å². The summed E-state index contributed by atoms with van der Waals surface area (Å²) in [4.78, 5) is 34.8. The highest BCUT2D eigenvalue weighted by Gasteiger charge is 2.31. The lowest BCUT2D eigenvalue weighted by atomic mass is 10.1. The van der Waals surface area contributed by atoms with Crippen LogP contribution in [0.3, 0.4) is 0 Å². The summed E-state index contributed by atoms with van der Waals surface area (Å²) in [6.07, 6.45) is 8.44. The van der Waals surface area contributed by atoms with Crippen molar-refractivity contribution in [1.82, 2.24) is 24.8 Å². The molecule has 2 atom stereocenters. The second kappa shape index (κ2) is 8.26. The van der Waals surface area contributed by atoms with Crippen LogP contribution < -0.4 is 5.32 Å². The number of nitrogens with zero attached hydrogens (tertiary/aromatic N) is 4. The maximum Gasteiger partial charge on any atom is 0.291 e. The first kappa shape index (κ1) is 20.1. The zero-order valence-corrected chi connectivity index (χ0v) is 17.6. The highest BCUT2D eigenvalue weighted by molar-refractivity contribution is 5.91. The Morgan fingerprint density at radius 2 is 1.93 bits per heavy atom. The summed E-state index contributed by atoms with van der Waals surface area (Å²) in [5, 5.41) is 4.18. The van der Waals surface area contributed by atoms with E-state index in [1.807, 2.05) is 26.2 Å². The van der Waals surface area contributed by atoms with Crippen molar-refractivity contribution >= 4 is 22.7 Å². The molecule has 1 aromatic carbocycles. The molecule has 156 valence electrons. The molecule has 2 aromatic heterocycles. The lowest BCUT2D eigenvalue weighted by molar-refractivity contribution is -0.121. The lowest BCUT2D eigenvalue weighted by Gasteiger charge is -2.24. The number of benzene rings is 1. The molecule has 0 saturated heterocycles. The number of hydrogen-bond acceptors (Lipinski definition) is 4. The van der Waals surface area contributed by atoms with Gasteiger partial charge in [0.15, 0.2) is 0 Å². The fraction of sp³-hybridized carbons (Fsp3) is 0.391. The van der Waals surface area contributed by atoms with Crippen LogP contribution in [0.25, 0.3) is 22.0 Å². The van der Waals surface area contributed by atoms with Gasteiger partial charge in [-0.15, -0.1) is 0 Å². The van der Waals surface area contributed by atoms with Crippen LogP contribution in [0.1, 0.15) is 43.2 Å². The summed E-state index contributed by atoms with van der Waals surface area (Å²) in [6, 6.07) is 8.51. The molecule has 0 unspecified atom stereocenters. The molecule has 0 aliphatic heterocycles. The van der Waals surface area contributed by atoms with Crippen molar-refractivity contribution in [2.75, 3.05) is 7.05 Å². The van der Waals surface area contributed by atoms with Gasteiger partial charge in [0.2, 0.25) is 11.7 Å². The standard InChI is InChI=1S/C23H27N5O2/c1-4-21(29)26-18-6-7-19(12-18)28(3)23(30)22-24-13-17(14-25-22)15-5-8-20-16(11-15)9-10-27(20)2/h5,8-11,13-14,18-19H,4,6-7,12H2,1-3H3,(H,26,29)/t18-,19+/m0/s1. The van der Waals surface area contributed by atoms with E-state index in [-0.39, 0.29) is 29.7 Å². The molecular weight excluding hydrogens is 378 g/mol. The highest BCUT2D eigenvalue weighted by Crippen LogP contribution is 2.26. The topological polar surface area (TPSA) is 80.1 Å². The number of fused-ring (bicyclic) bond motifs is 1. The summed E-state index contributed by atoms with van der Waals surface area (Å²) in [5.74, 6) is 0.0675. The smallest absolute Gasteiger partial charge is 0.291 e. The summed E-state index contributed by atoms with van der Waals surface area (Å²) in [7, 11) is 3.81. The molecule has 3 aromatic rings. The Kier molecular flexibility index (Phi) is 5.53. The third-order valence-electron chi connectivity index (χ3n) is 6.02. The van der Waals surface area contributed by atoms with E-state index in [1.54, 1.807) is 24.3 Å². The van der Waals surface area contributed by atoms with E-state index >= 15 is 0 Å². The molecule has 1 saturated carbocycles. The average Bonchev–Trinajstić information content (AvgIpc) is 3.39. The number of carbonyl (C=O) groups excluding carboxylic acids is 2. The van der Waals surface area contributed by atoms with Crippen LogP contribution in [0.15, 0.2) is 42.9 Å². The Morgan fingerprint density at radius 3 is 2.67 bits per heavy atom. The van der Waals surface area contributed by atoms with Gasteiger partial charge in [-0.3, -0.25) is 9.59 Å². The first-order chi connectivity index (χ1) is 14.5. The molecule has 7 heteroatoms. The Morgan fingerprint density at radius 1 is 1.17 bits per heavy atom. The maximum absolute atomic E-state index is 12.9. The van der Waals surface area contributed by atoms with Crippen molar-refractivity contribution in [3.8, 4) is 11.1 Å². The van der Waals surface area contributed by atoms with Gasteiger partial charge in [0.25, 0.3) is 5.91 Å². The number of aromatic nitrogens is 3. The van der Waals surface area contributed by atoms with Gasteiger partial charge in [-0.2, -0.15) is 0 Å². The van der Waals surface area contributed by atoms with E-state index in [2.05, 4.69) is 38.1 Å². The van der Waals surface area contributed by atoms with Crippen LogP contribution in [-0.4, -0.2) is 50.4 Å². The third kappa shape index (κ3) is 3.92. The summed E-state index contributed by atoms with van der Waals surface area (Å²) in [5.41, 5.74) is 3.06. The molecule has 1 N–H and O–H groups in total. The van der Waals surface area contributed by atoms with Gasteiger partial charge in [-0.05, 0) is 43.0 Å². The van der Waals surface area contributed by atoms with Crippen molar-refractivity contribution < 1.29 is 9.59 Å². The molecule has 0 radical (unpaired) electrons. The van der Waals surface area contributed by atoms with Crippen LogP contribution in [0.2, 0.25) is 0 Å². The van der Waals surface area contributed by atoms with Crippen molar-refractivity contribution in [3.05, 3.63) is 48.7 Å². The number of amides is 2. The minimum absolute atomic E-state index is 0.0576. The molecule has 1 fully saturated rings.